The average molecular weight is 394 g/mol. The van der Waals surface area contributed by atoms with E-state index in [0.717, 1.165) is 16.7 Å². The second-order valence-electron chi connectivity index (χ2n) is 7.00. The molecule has 0 saturated carbocycles. The maximum Gasteiger partial charge on any atom is 0.160 e. The van der Waals surface area contributed by atoms with Crippen molar-refractivity contribution in [2.45, 2.75) is 18.8 Å². The molecule has 0 heterocycles. The predicted octanol–water partition coefficient (Wildman–Crippen LogP) is 4.33. The molecule has 2 atom stereocenters. The molecule has 0 saturated heterocycles. The Morgan fingerprint density at radius 3 is 2.17 bits per heavy atom. The number of methoxy groups -OCH3 is 2. The summed E-state index contributed by atoms with van der Waals surface area (Å²) in [5, 5.41) is 31.1. The molecular formula is C24H26O5. The Labute approximate surface area is 170 Å². The van der Waals surface area contributed by atoms with Crippen molar-refractivity contribution >= 4 is 0 Å². The van der Waals surface area contributed by atoms with E-state index in [2.05, 4.69) is 0 Å². The molecule has 3 aromatic rings. The first kappa shape index (κ1) is 20.6. The Hall–Kier alpha value is -3.18. The zero-order valence-corrected chi connectivity index (χ0v) is 16.8. The van der Waals surface area contributed by atoms with Crippen LogP contribution >= 0.6 is 0 Å². The lowest BCUT2D eigenvalue weighted by Crippen LogP contribution is -2.18. The van der Waals surface area contributed by atoms with Crippen molar-refractivity contribution in [3.05, 3.63) is 82.9 Å². The molecule has 2 unspecified atom stereocenters. The highest BCUT2D eigenvalue weighted by molar-refractivity contribution is 5.52. The highest BCUT2D eigenvalue weighted by Gasteiger charge is 2.31. The SMILES string of the molecule is COc1cc(C(c2cc(C)ccc2O)C(CO)c2ccccc2OC)ccc1O. The molecule has 0 fully saturated rings. The number of ether oxygens (including phenoxy) is 2. The van der Waals surface area contributed by atoms with Gasteiger partial charge < -0.3 is 24.8 Å². The fourth-order valence-electron chi connectivity index (χ4n) is 3.80. The quantitative estimate of drug-likeness (QED) is 0.556. The number of hydrogen-bond acceptors (Lipinski definition) is 5. The van der Waals surface area contributed by atoms with Crippen molar-refractivity contribution in [3.8, 4) is 23.0 Å². The van der Waals surface area contributed by atoms with Gasteiger partial charge in [0.15, 0.2) is 11.5 Å². The minimum atomic E-state index is -0.398. The summed E-state index contributed by atoms with van der Waals surface area (Å²) in [7, 11) is 3.08. The summed E-state index contributed by atoms with van der Waals surface area (Å²) in [6.45, 7) is 1.79. The summed E-state index contributed by atoms with van der Waals surface area (Å²) in [5.74, 6) is 0.367. The van der Waals surface area contributed by atoms with E-state index in [-0.39, 0.29) is 18.1 Å². The number of rotatable bonds is 7. The third-order valence-electron chi connectivity index (χ3n) is 5.22. The van der Waals surface area contributed by atoms with Crippen LogP contribution in [0.4, 0.5) is 0 Å². The van der Waals surface area contributed by atoms with Crippen molar-refractivity contribution < 1.29 is 24.8 Å². The van der Waals surface area contributed by atoms with Crippen LogP contribution < -0.4 is 9.47 Å². The second kappa shape index (κ2) is 8.88. The molecule has 3 aromatic carbocycles. The van der Waals surface area contributed by atoms with Crippen molar-refractivity contribution in [1.29, 1.82) is 0 Å². The van der Waals surface area contributed by atoms with Gasteiger partial charge in [-0.25, -0.2) is 0 Å². The third-order valence-corrected chi connectivity index (χ3v) is 5.22. The van der Waals surface area contributed by atoms with Gasteiger partial charge in [-0.2, -0.15) is 0 Å². The molecule has 29 heavy (non-hydrogen) atoms. The Kier molecular flexibility index (Phi) is 6.29. The molecule has 0 aliphatic carbocycles. The fourth-order valence-corrected chi connectivity index (χ4v) is 3.80. The van der Waals surface area contributed by atoms with Gasteiger partial charge in [0.2, 0.25) is 0 Å². The molecule has 0 spiro atoms. The molecule has 0 radical (unpaired) electrons. The van der Waals surface area contributed by atoms with E-state index in [1.807, 2.05) is 43.3 Å². The summed E-state index contributed by atoms with van der Waals surface area (Å²) < 4.78 is 10.8. The standard InChI is InChI=1S/C24H26O5/c1-15-8-10-20(26)18(12-15)24(16-9-11-21(27)23(13-16)29-3)19(14-25)17-6-4-5-7-22(17)28-2/h4-13,19,24-27H,14H2,1-3H3. The van der Waals surface area contributed by atoms with Crippen molar-refractivity contribution in [3.63, 3.8) is 0 Å². The smallest absolute Gasteiger partial charge is 0.160 e. The van der Waals surface area contributed by atoms with Crippen LogP contribution in [0, 0.1) is 6.92 Å². The molecule has 3 rings (SSSR count). The number of phenols is 2. The lowest BCUT2D eigenvalue weighted by molar-refractivity contribution is 0.250. The van der Waals surface area contributed by atoms with Crippen LogP contribution in [0.25, 0.3) is 0 Å². The number of aliphatic hydroxyl groups is 1. The summed E-state index contributed by atoms with van der Waals surface area (Å²) in [4.78, 5) is 0. The lowest BCUT2D eigenvalue weighted by atomic mass is 9.76. The molecule has 5 nitrogen and oxygen atoms in total. The van der Waals surface area contributed by atoms with Gasteiger partial charge in [-0.05, 0) is 36.8 Å². The van der Waals surface area contributed by atoms with Gasteiger partial charge in [0.1, 0.15) is 11.5 Å². The van der Waals surface area contributed by atoms with Crippen molar-refractivity contribution in [1.82, 2.24) is 0 Å². The first-order chi connectivity index (χ1) is 14.0. The van der Waals surface area contributed by atoms with Crippen LogP contribution in [0.2, 0.25) is 0 Å². The van der Waals surface area contributed by atoms with E-state index in [1.165, 1.54) is 7.11 Å². The molecule has 0 amide bonds. The first-order valence-electron chi connectivity index (χ1n) is 9.40. The van der Waals surface area contributed by atoms with Gasteiger partial charge in [-0.1, -0.05) is 42.0 Å². The van der Waals surface area contributed by atoms with Crippen LogP contribution in [0.3, 0.4) is 0 Å². The van der Waals surface area contributed by atoms with E-state index in [9.17, 15) is 15.3 Å². The Morgan fingerprint density at radius 1 is 0.793 bits per heavy atom. The molecule has 5 heteroatoms. The van der Waals surface area contributed by atoms with Crippen LogP contribution in [-0.4, -0.2) is 36.1 Å². The fraction of sp³-hybridized carbons (Fsp3) is 0.250. The van der Waals surface area contributed by atoms with E-state index in [0.29, 0.717) is 17.1 Å². The maximum atomic E-state index is 10.7. The molecule has 0 aromatic heterocycles. The number of aromatic hydroxyl groups is 2. The molecule has 3 N–H and O–H groups in total. The zero-order valence-electron chi connectivity index (χ0n) is 16.8. The summed E-state index contributed by atoms with van der Waals surface area (Å²) in [6.07, 6.45) is 0. The summed E-state index contributed by atoms with van der Waals surface area (Å²) in [6, 6.07) is 18.0. The van der Waals surface area contributed by atoms with Gasteiger partial charge >= 0.3 is 0 Å². The lowest BCUT2D eigenvalue weighted by Gasteiger charge is -2.29. The molecule has 152 valence electrons. The van der Waals surface area contributed by atoms with E-state index in [4.69, 9.17) is 9.47 Å². The Bertz CT molecular complexity index is 983. The number of aliphatic hydroxyl groups excluding tert-OH is 1. The van der Waals surface area contributed by atoms with E-state index >= 15 is 0 Å². The molecular weight excluding hydrogens is 368 g/mol. The Balaban J connectivity index is 2.25. The minimum absolute atomic E-state index is 0.0290. The van der Waals surface area contributed by atoms with Gasteiger partial charge in [-0.15, -0.1) is 0 Å². The topological polar surface area (TPSA) is 79.2 Å². The van der Waals surface area contributed by atoms with Crippen LogP contribution in [0.5, 0.6) is 23.0 Å². The van der Waals surface area contributed by atoms with Gasteiger partial charge in [0.05, 0.1) is 20.8 Å². The van der Waals surface area contributed by atoms with Gasteiger partial charge in [0.25, 0.3) is 0 Å². The van der Waals surface area contributed by atoms with Gasteiger partial charge in [0, 0.05) is 23.0 Å². The second-order valence-corrected chi connectivity index (χ2v) is 7.00. The highest BCUT2D eigenvalue weighted by atomic mass is 16.5. The number of para-hydroxylation sites is 1. The molecule has 0 aliphatic heterocycles. The average Bonchev–Trinajstić information content (AvgIpc) is 2.74. The van der Waals surface area contributed by atoms with E-state index in [1.54, 1.807) is 31.4 Å². The number of hydrogen-bond donors (Lipinski definition) is 3. The maximum absolute atomic E-state index is 10.7. The van der Waals surface area contributed by atoms with Crippen LogP contribution in [0.15, 0.2) is 60.7 Å². The van der Waals surface area contributed by atoms with Gasteiger partial charge in [-0.3, -0.25) is 0 Å². The number of phenolic OH excluding ortho intramolecular Hbond substituents is 2. The third kappa shape index (κ3) is 4.15. The van der Waals surface area contributed by atoms with E-state index < -0.39 is 11.8 Å². The molecule has 0 aliphatic rings. The van der Waals surface area contributed by atoms with Crippen molar-refractivity contribution in [2.75, 3.05) is 20.8 Å². The van der Waals surface area contributed by atoms with Crippen LogP contribution in [0.1, 0.15) is 34.1 Å². The van der Waals surface area contributed by atoms with Crippen LogP contribution in [-0.2, 0) is 0 Å². The zero-order chi connectivity index (χ0) is 21.0. The Morgan fingerprint density at radius 2 is 1.48 bits per heavy atom. The highest BCUT2D eigenvalue weighted by Crippen LogP contribution is 2.45. The summed E-state index contributed by atoms with van der Waals surface area (Å²) in [5.41, 5.74) is 3.30. The number of benzene rings is 3. The predicted molar refractivity (Wildman–Crippen MR) is 112 cm³/mol. The number of aryl methyl sites for hydroxylation is 1. The van der Waals surface area contributed by atoms with Crippen molar-refractivity contribution in [2.24, 2.45) is 0 Å². The normalized spacial score (nSPS) is 13.0. The largest absolute Gasteiger partial charge is 0.508 e. The monoisotopic (exact) mass is 394 g/mol. The minimum Gasteiger partial charge on any atom is -0.508 e. The molecule has 0 bridgehead atoms. The first-order valence-corrected chi connectivity index (χ1v) is 9.40. The summed E-state index contributed by atoms with van der Waals surface area (Å²) >= 11 is 0.